The summed E-state index contributed by atoms with van der Waals surface area (Å²) in [7, 11) is 1.17. The van der Waals surface area contributed by atoms with Crippen molar-refractivity contribution in [1.82, 2.24) is 9.97 Å². The second-order valence-electron chi connectivity index (χ2n) is 11.1. The number of rotatable bonds is 13. The molecule has 0 atom stereocenters. The Morgan fingerprint density at radius 2 is 1.86 bits per heavy atom. The largest absolute Gasteiger partial charge is 0.500 e. The number of carbonyl (C=O) groups excluding carboxylic acids is 2. The van der Waals surface area contributed by atoms with E-state index in [0.717, 1.165) is 35.9 Å². The van der Waals surface area contributed by atoms with E-state index in [-0.39, 0.29) is 57.0 Å². The van der Waals surface area contributed by atoms with Crippen molar-refractivity contribution >= 4 is 22.6 Å². The first-order valence-corrected chi connectivity index (χ1v) is 13.9. The highest BCUT2D eigenvalue weighted by Gasteiger charge is 2.66. The number of hydrogen-bond donors (Lipinski definition) is 0. The molecule has 1 aromatic heterocycles. The highest BCUT2D eigenvalue weighted by atomic mass is 19.4. The van der Waals surface area contributed by atoms with Crippen LogP contribution in [0, 0.1) is 18.2 Å². The molecule has 1 saturated carbocycles. The fourth-order valence-electron chi connectivity index (χ4n) is 5.11. The van der Waals surface area contributed by atoms with E-state index in [4.69, 9.17) is 4.74 Å². The molecule has 226 valence electrons. The normalized spacial score (nSPS) is 14.6. The lowest BCUT2D eigenvalue weighted by atomic mass is 9.98. The van der Waals surface area contributed by atoms with Gasteiger partial charge in [-0.3, -0.25) is 9.78 Å². The van der Waals surface area contributed by atoms with Gasteiger partial charge < -0.3 is 9.53 Å². The summed E-state index contributed by atoms with van der Waals surface area (Å²) >= 11 is 0. The summed E-state index contributed by atoms with van der Waals surface area (Å²) in [6.45, 7) is 7.32. The van der Waals surface area contributed by atoms with Crippen molar-refractivity contribution in [3.63, 3.8) is 0 Å². The predicted molar refractivity (Wildman–Crippen MR) is 157 cm³/mol. The average molecular weight is 587 g/mol. The van der Waals surface area contributed by atoms with Crippen LogP contribution in [-0.4, -0.2) is 34.8 Å². The molecule has 1 heterocycles. The molecule has 0 radical (unpaired) electrons. The number of aryl methyl sites for hydroxylation is 2. The van der Waals surface area contributed by atoms with Crippen LogP contribution in [0.15, 0.2) is 60.5 Å². The van der Waals surface area contributed by atoms with Crippen molar-refractivity contribution in [3.8, 4) is 11.3 Å². The van der Waals surface area contributed by atoms with Crippen molar-refractivity contribution in [1.29, 1.82) is 0 Å². The van der Waals surface area contributed by atoms with E-state index in [1.807, 2.05) is 19.1 Å². The van der Waals surface area contributed by atoms with E-state index < -0.39 is 17.4 Å². The monoisotopic (exact) mass is 586 g/mol. The molecule has 2 aromatic carbocycles. The first-order chi connectivity index (χ1) is 19.8. The number of ether oxygens (including phenoxy) is 1. The molecule has 0 N–H and O–H groups in total. The molecule has 3 aromatic rings. The van der Waals surface area contributed by atoms with Crippen molar-refractivity contribution in [2.24, 2.45) is 5.41 Å². The summed E-state index contributed by atoms with van der Waals surface area (Å²) in [4.78, 5) is 33.0. The molecule has 42 heavy (non-hydrogen) atoms. The maximum Gasteiger partial charge on any atom is 0.401 e. The van der Waals surface area contributed by atoms with E-state index in [2.05, 4.69) is 16.5 Å². The number of aromatic nitrogens is 2. The smallest absolute Gasteiger partial charge is 0.401 e. The molecule has 9 heteroatoms. The second kappa shape index (κ2) is 12.5. The lowest BCUT2D eigenvalue weighted by molar-refractivity contribution is -0.184. The van der Waals surface area contributed by atoms with Gasteiger partial charge in [0.2, 0.25) is 0 Å². The third-order valence-corrected chi connectivity index (χ3v) is 7.70. The van der Waals surface area contributed by atoms with Crippen LogP contribution >= 0.6 is 0 Å². The predicted octanol–water partition coefficient (Wildman–Crippen LogP) is 8.47. The van der Waals surface area contributed by atoms with Gasteiger partial charge in [0, 0.05) is 27.7 Å². The SMILES string of the molecule is C=C(/C=C(\OC)C1(C(F)(F)F)CC1)CC(=O)Cc1ccc(-c2cnc3cc(CCCCC(C)=O)c(C)cc3n2)cc1F.[HH].[HH]. The topological polar surface area (TPSA) is 69.2 Å². The number of methoxy groups -OCH3 is 1. The highest BCUT2D eigenvalue weighted by molar-refractivity contribution is 5.84. The van der Waals surface area contributed by atoms with E-state index in [0.29, 0.717) is 23.2 Å². The van der Waals surface area contributed by atoms with Crippen LogP contribution < -0.4 is 0 Å². The number of unbranched alkanes of at least 4 members (excludes halogenated alkanes) is 1. The number of carbonyl (C=O) groups is 2. The fraction of sp³-hybridized carbons (Fsp3) is 0.394. The van der Waals surface area contributed by atoms with Gasteiger partial charge in [0.1, 0.15) is 28.6 Å². The van der Waals surface area contributed by atoms with Gasteiger partial charge in [0.25, 0.3) is 0 Å². The summed E-state index contributed by atoms with van der Waals surface area (Å²) in [5.74, 6) is -1.04. The number of allylic oxidation sites excluding steroid dienone is 3. The number of ketones is 2. The van der Waals surface area contributed by atoms with Crippen LogP contribution in [0.5, 0.6) is 0 Å². The van der Waals surface area contributed by atoms with Crippen molar-refractivity contribution in [3.05, 3.63) is 83.0 Å². The van der Waals surface area contributed by atoms with Crippen LogP contribution in [0.25, 0.3) is 22.3 Å². The molecule has 4 rings (SSSR count). The standard InChI is InChI=1S/C33H34F4N2O3.2H2/c1-20(14-31(42-4)32(11-12-32)33(35,36)37)13-26(41)16-24-9-10-25(17-27(24)34)30-19-38-28-18-23(8-6-5-7-22(3)40)21(2)15-29(28)39-30;;/h9-10,14-15,17-19H,1,5-8,11-13,16H2,2-4H3;2*1H/b31-14-;;. The van der Waals surface area contributed by atoms with Gasteiger partial charge in [0.05, 0.1) is 30.0 Å². The Morgan fingerprint density at radius 3 is 2.48 bits per heavy atom. The molecule has 5 nitrogen and oxygen atoms in total. The summed E-state index contributed by atoms with van der Waals surface area (Å²) in [6.07, 6.45) is 0.877. The number of nitrogens with zero attached hydrogens (tertiary/aromatic N) is 2. The minimum atomic E-state index is -4.45. The Kier molecular flexibility index (Phi) is 9.28. The number of hydrogen-bond acceptors (Lipinski definition) is 5. The highest BCUT2D eigenvalue weighted by Crippen LogP contribution is 2.62. The molecule has 0 amide bonds. The quantitative estimate of drug-likeness (QED) is 0.0870. The first-order valence-electron chi connectivity index (χ1n) is 13.9. The fourth-order valence-corrected chi connectivity index (χ4v) is 5.11. The van der Waals surface area contributed by atoms with Gasteiger partial charge >= 0.3 is 6.18 Å². The van der Waals surface area contributed by atoms with E-state index in [9.17, 15) is 22.8 Å². The molecule has 1 aliphatic carbocycles. The Labute approximate surface area is 245 Å². The van der Waals surface area contributed by atoms with Crippen LogP contribution in [0.1, 0.15) is 65.0 Å². The number of Topliss-reactive ketones (excluding diaryl/α,β-unsaturated/α-hetero) is 2. The molecule has 0 spiro atoms. The van der Waals surface area contributed by atoms with Gasteiger partial charge in [-0.15, -0.1) is 0 Å². The third-order valence-electron chi connectivity index (χ3n) is 7.70. The number of alkyl halides is 3. The van der Waals surface area contributed by atoms with Crippen LogP contribution in [-0.2, 0) is 27.2 Å². The Morgan fingerprint density at radius 1 is 1.12 bits per heavy atom. The van der Waals surface area contributed by atoms with Gasteiger partial charge in [-0.25, -0.2) is 9.37 Å². The van der Waals surface area contributed by atoms with Gasteiger partial charge in [-0.1, -0.05) is 18.7 Å². The van der Waals surface area contributed by atoms with E-state index >= 15 is 4.39 Å². The summed E-state index contributed by atoms with van der Waals surface area (Å²) in [5.41, 5.74) is 2.93. The Bertz CT molecular complexity index is 1570. The minimum absolute atomic E-state index is 0. The molecule has 0 saturated heterocycles. The zero-order chi connectivity index (χ0) is 30.7. The summed E-state index contributed by atoms with van der Waals surface area (Å²) in [5, 5.41) is 0. The minimum Gasteiger partial charge on any atom is -0.500 e. The maximum absolute atomic E-state index is 15.0. The molecular formula is C33H38F4N2O3. The van der Waals surface area contributed by atoms with Crippen molar-refractivity contribution in [2.75, 3.05) is 7.11 Å². The Balaban J connectivity index is 0.00000337. The van der Waals surface area contributed by atoms with E-state index in [1.165, 1.54) is 25.3 Å². The third kappa shape index (κ3) is 7.12. The molecule has 1 fully saturated rings. The maximum atomic E-state index is 15.0. The zero-order valence-corrected chi connectivity index (χ0v) is 24.0. The molecule has 1 aliphatic rings. The Hall–Kier alpha value is -3.88. The summed E-state index contributed by atoms with van der Waals surface area (Å²) in [6, 6.07) is 8.41. The van der Waals surface area contributed by atoms with Crippen LogP contribution in [0.3, 0.4) is 0 Å². The van der Waals surface area contributed by atoms with Crippen LogP contribution in [0.4, 0.5) is 17.6 Å². The number of fused-ring (bicyclic) bond motifs is 1. The van der Waals surface area contributed by atoms with Gasteiger partial charge in [-0.05, 0) is 92.5 Å². The van der Waals surface area contributed by atoms with Gasteiger partial charge in [-0.2, -0.15) is 13.2 Å². The average Bonchev–Trinajstić information content (AvgIpc) is 3.73. The first kappa shape index (κ1) is 31.1. The molecule has 0 unspecified atom stereocenters. The number of benzene rings is 2. The van der Waals surface area contributed by atoms with Crippen molar-refractivity contribution < 1.29 is 34.7 Å². The lowest BCUT2D eigenvalue weighted by Gasteiger charge is -2.21. The van der Waals surface area contributed by atoms with Gasteiger partial charge in [0.15, 0.2) is 0 Å². The van der Waals surface area contributed by atoms with Crippen molar-refractivity contribution in [2.45, 2.75) is 71.4 Å². The molecule has 0 bridgehead atoms. The van der Waals surface area contributed by atoms with E-state index in [1.54, 1.807) is 19.2 Å². The zero-order valence-electron chi connectivity index (χ0n) is 24.0. The molecule has 0 aliphatic heterocycles. The lowest BCUT2D eigenvalue weighted by Crippen LogP contribution is -2.27. The molecular weight excluding hydrogens is 548 g/mol. The summed E-state index contributed by atoms with van der Waals surface area (Å²) < 4.78 is 60.3. The number of halogens is 4. The van der Waals surface area contributed by atoms with Crippen LogP contribution in [0.2, 0.25) is 0 Å². The second-order valence-corrected chi connectivity index (χ2v) is 11.1.